The molecule has 2 N–H and O–H groups in total. The number of hydrazine groups is 1. The van der Waals surface area contributed by atoms with Gasteiger partial charge in [-0.2, -0.15) is 0 Å². The van der Waals surface area contributed by atoms with Crippen molar-refractivity contribution >= 4 is 17.5 Å². The number of carbonyl (C=O) groups excluding carboxylic acids is 3. The maximum absolute atomic E-state index is 12.2. The summed E-state index contributed by atoms with van der Waals surface area (Å²) in [6, 6.07) is 15.5. The Morgan fingerprint density at radius 3 is 2.04 bits per heavy atom. The molecule has 2 aromatic rings. The summed E-state index contributed by atoms with van der Waals surface area (Å²) >= 11 is 0. The van der Waals surface area contributed by atoms with Crippen molar-refractivity contribution in [3.05, 3.63) is 82.9 Å². The fourth-order valence-electron chi connectivity index (χ4n) is 2.40. The van der Waals surface area contributed by atoms with Crippen molar-refractivity contribution in [3.63, 3.8) is 0 Å². The van der Waals surface area contributed by atoms with Crippen molar-refractivity contribution in [3.8, 4) is 0 Å². The highest BCUT2D eigenvalue weighted by Crippen LogP contribution is 2.25. The number of fused-ring (bicyclic) bond motifs is 1. The Labute approximate surface area is 133 Å². The molecule has 0 spiro atoms. The van der Waals surface area contributed by atoms with Gasteiger partial charge in [0.2, 0.25) is 0 Å². The zero-order valence-electron chi connectivity index (χ0n) is 12.2. The molecule has 1 aliphatic rings. The second-order valence-corrected chi connectivity index (χ2v) is 5.02. The molecule has 3 rings (SSSR count). The number of benzene rings is 2. The van der Waals surface area contributed by atoms with E-state index in [1.165, 1.54) is 6.08 Å². The number of amides is 1. The number of nitrogens with one attached hydrogen (secondary N) is 2. The lowest BCUT2D eigenvalue weighted by molar-refractivity contribution is 0.0934. The first kappa shape index (κ1) is 14.9. The lowest BCUT2D eigenvalue weighted by atomic mass is 10.1. The average molecular weight is 306 g/mol. The van der Waals surface area contributed by atoms with Gasteiger partial charge in [-0.3, -0.25) is 19.8 Å². The van der Waals surface area contributed by atoms with E-state index < -0.39 is 0 Å². The molecule has 0 aliphatic heterocycles. The Kier molecular flexibility index (Phi) is 4.12. The van der Waals surface area contributed by atoms with Crippen LogP contribution in [0, 0.1) is 0 Å². The van der Waals surface area contributed by atoms with E-state index in [2.05, 4.69) is 10.9 Å². The molecular formula is C18H14N2O3. The first-order valence-corrected chi connectivity index (χ1v) is 7.15. The average Bonchev–Trinajstić information content (AvgIpc) is 2.84. The highest BCUT2D eigenvalue weighted by atomic mass is 16.2. The van der Waals surface area contributed by atoms with Gasteiger partial charge >= 0.3 is 0 Å². The van der Waals surface area contributed by atoms with E-state index >= 15 is 0 Å². The molecule has 0 fully saturated rings. The summed E-state index contributed by atoms with van der Waals surface area (Å²) in [5.74, 6) is -0.833. The molecule has 5 nitrogen and oxygen atoms in total. The van der Waals surface area contributed by atoms with Crippen LogP contribution in [0.1, 0.15) is 31.1 Å². The van der Waals surface area contributed by atoms with Crippen LogP contribution in [0.5, 0.6) is 0 Å². The summed E-state index contributed by atoms with van der Waals surface area (Å²) < 4.78 is 0. The minimum atomic E-state index is -0.281. The van der Waals surface area contributed by atoms with Crippen LogP contribution in [0.25, 0.3) is 0 Å². The van der Waals surface area contributed by atoms with Crippen molar-refractivity contribution < 1.29 is 14.4 Å². The highest BCUT2D eigenvalue weighted by molar-refractivity contribution is 6.39. The molecule has 0 saturated carbocycles. The van der Waals surface area contributed by atoms with Gasteiger partial charge in [-0.25, -0.2) is 5.43 Å². The maximum Gasteiger partial charge on any atom is 0.265 e. The van der Waals surface area contributed by atoms with Gasteiger partial charge in [0.05, 0.1) is 5.57 Å². The van der Waals surface area contributed by atoms with Crippen LogP contribution in [0.3, 0.4) is 0 Å². The zero-order valence-corrected chi connectivity index (χ0v) is 12.2. The van der Waals surface area contributed by atoms with Gasteiger partial charge in [0.15, 0.2) is 11.6 Å². The van der Waals surface area contributed by atoms with Crippen LogP contribution >= 0.6 is 0 Å². The third-order valence-electron chi connectivity index (χ3n) is 3.55. The molecule has 0 aromatic heterocycles. The molecule has 114 valence electrons. The predicted octanol–water partition coefficient (Wildman–Crippen LogP) is 1.93. The van der Waals surface area contributed by atoms with Crippen LogP contribution in [-0.4, -0.2) is 24.0 Å². The Morgan fingerprint density at radius 1 is 0.870 bits per heavy atom. The largest absolute Gasteiger partial charge is 0.288 e. The second kappa shape index (κ2) is 6.37. The van der Waals surface area contributed by atoms with Crippen molar-refractivity contribution in [2.24, 2.45) is 0 Å². The van der Waals surface area contributed by atoms with Crippen LogP contribution in [0.4, 0.5) is 0 Å². The molecule has 0 saturated heterocycles. The van der Waals surface area contributed by atoms with E-state index in [4.69, 9.17) is 0 Å². The maximum atomic E-state index is 12.2. The van der Waals surface area contributed by atoms with Gasteiger partial charge in [0.1, 0.15) is 0 Å². The number of ketones is 2. The lowest BCUT2D eigenvalue weighted by Gasteiger charge is -2.05. The first-order chi connectivity index (χ1) is 11.2. The van der Waals surface area contributed by atoms with Gasteiger partial charge in [-0.15, -0.1) is 0 Å². The monoisotopic (exact) mass is 306 g/mol. The van der Waals surface area contributed by atoms with Crippen molar-refractivity contribution in [2.75, 3.05) is 6.54 Å². The topological polar surface area (TPSA) is 75.3 Å². The Hall–Kier alpha value is -3.05. The number of rotatable bonds is 4. The summed E-state index contributed by atoms with van der Waals surface area (Å²) in [6.07, 6.45) is 1.50. The van der Waals surface area contributed by atoms with Crippen LogP contribution < -0.4 is 10.9 Å². The molecule has 0 radical (unpaired) electrons. The number of Topliss-reactive ketones (excluding diaryl/α,β-unsaturated/α-hetero) is 2. The van der Waals surface area contributed by atoms with Crippen molar-refractivity contribution in [1.82, 2.24) is 10.9 Å². The van der Waals surface area contributed by atoms with Crippen LogP contribution in [-0.2, 0) is 0 Å². The van der Waals surface area contributed by atoms with Crippen molar-refractivity contribution in [2.45, 2.75) is 0 Å². The van der Waals surface area contributed by atoms with Crippen LogP contribution in [0.2, 0.25) is 0 Å². The molecular weight excluding hydrogens is 292 g/mol. The summed E-state index contributed by atoms with van der Waals surface area (Å²) in [6.45, 7) is 0.180. The molecule has 5 heteroatoms. The summed E-state index contributed by atoms with van der Waals surface area (Å²) in [5.41, 5.74) is 6.72. The standard InChI is InChI=1S/C18H14N2O3/c21-16-13-8-4-5-9-14(13)17(22)15(16)10-11-19-20-18(23)12-6-2-1-3-7-12/h1-10,19H,11H2,(H,20,23). The molecule has 23 heavy (non-hydrogen) atoms. The fourth-order valence-corrected chi connectivity index (χ4v) is 2.40. The third kappa shape index (κ3) is 2.95. The van der Waals surface area contributed by atoms with Crippen LogP contribution in [0.15, 0.2) is 66.2 Å². The predicted molar refractivity (Wildman–Crippen MR) is 85.1 cm³/mol. The molecule has 1 aliphatic carbocycles. The molecule has 2 aromatic carbocycles. The van der Waals surface area contributed by atoms with Gasteiger partial charge < -0.3 is 0 Å². The SMILES string of the molecule is O=C(NNCC=C1C(=O)c2ccccc2C1=O)c1ccccc1. The molecule has 0 bridgehead atoms. The molecule has 0 unspecified atom stereocenters. The Bertz CT molecular complexity index is 773. The number of carbonyl (C=O) groups is 3. The minimum absolute atomic E-state index is 0.132. The highest BCUT2D eigenvalue weighted by Gasteiger charge is 2.32. The third-order valence-corrected chi connectivity index (χ3v) is 3.55. The lowest BCUT2D eigenvalue weighted by Crippen LogP contribution is -2.37. The molecule has 0 heterocycles. The zero-order chi connectivity index (χ0) is 16.2. The summed E-state index contributed by atoms with van der Waals surface area (Å²) in [5, 5.41) is 0. The number of hydrogen-bond donors (Lipinski definition) is 2. The summed E-state index contributed by atoms with van der Waals surface area (Å²) in [4.78, 5) is 36.1. The summed E-state index contributed by atoms with van der Waals surface area (Å²) in [7, 11) is 0. The number of allylic oxidation sites excluding steroid dienone is 1. The molecule has 1 amide bonds. The Balaban J connectivity index is 1.61. The van der Waals surface area contributed by atoms with Gasteiger partial charge in [0, 0.05) is 23.2 Å². The van der Waals surface area contributed by atoms with E-state index in [0.717, 1.165) is 0 Å². The number of hydrogen-bond acceptors (Lipinski definition) is 4. The van der Waals surface area contributed by atoms with Gasteiger partial charge in [-0.1, -0.05) is 48.5 Å². The second-order valence-electron chi connectivity index (χ2n) is 5.02. The minimum Gasteiger partial charge on any atom is -0.288 e. The van der Waals surface area contributed by atoms with E-state index in [9.17, 15) is 14.4 Å². The fraction of sp³-hybridized carbons (Fsp3) is 0.0556. The first-order valence-electron chi connectivity index (χ1n) is 7.15. The van der Waals surface area contributed by atoms with E-state index in [0.29, 0.717) is 16.7 Å². The van der Waals surface area contributed by atoms with E-state index in [1.807, 2.05) is 6.07 Å². The Morgan fingerprint density at radius 2 is 1.43 bits per heavy atom. The van der Waals surface area contributed by atoms with Crippen molar-refractivity contribution in [1.29, 1.82) is 0 Å². The normalized spacial score (nSPS) is 13.0. The quantitative estimate of drug-likeness (QED) is 0.392. The van der Waals surface area contributed by atoms with Gasteiger partial charge in [-0.05, 0) is 12.1 Å². The van der Waals surface area contributed by atoms with E-state index in [1.54, 1.807) is 48.5 Å². The molecule has 0 atom stereocenters. The van der Waals surface area contributed by atoms with Gasteiger partial charge in [0.25, 0.3) is 5.91 Å². The smallest absolute Gasteiger partial charge is 0.265 e. The van der Waals surface area contributed by atoms with E-state index in [-0.39, 0.29) is 29.6 Å².